The van der Waals surface area contributed by atoms with E-state index >= 15 is 0 Å². The van der Waals surface area contributed by atoms with Crippen LogP contribution in [0.1, 0.15) is 88.2 Å². The zero-order chi connectivity index (χ0) is 30.3. The van der Waals surface area contributed by atoms with Crippen LogP contribution in [0.15, 0.2) is 48.7 Å². The molecule has 0 aliphatic heterocycles. The van der Waals surface area contributed by atoms with Gasteiger partial charge >= 0.3 is 0 Å². The summed E-state index contributed by atoms with van der Waals surface area (Å²) in [5, 5.41) is 0.638. The Hall–Kier alpha value is -3.19. The van der Waals surface area contributed by atoms with Gasteiger partial charge in [0, 0.05) is 30.8 Å². The number of carbonyl (C=O) groups is 2. The number of ketones is 1. The van der Waals surface area contributed by atoms with Gasteiger partial charge in [0.1, 0.15) is 11.5 Å². The molecule has 2 aliphatic rings. The topological polar surface area (TPSA) is 68.7 Å². The summed E-state index contributed by atoms with van der Waals surface area (Å²) in [7, 11) is 3.36. The van der Waals surface area contributed by atoms with Gasteiger partial charge in [-0.3, -0.25) is 4.79 Å². The van der Waals surface area contributed by atoms with Crippen molar-refractivity contribution < 1.29 is 19.1 Å². The molecule has 0 saturated heterocycles. The predicted octanol–water partition coefficient (Wildman–Crippen LogP) is 8.62. The number of methoxy groups -OCH3 is 2. The molecule has 2 fully saturated rings. The molecular formula is C36H46N2O4S. The highest BCUT2D eigenvalue weighted by Gasteiger charge is 2.33. The zero-order valence-electron chi connectivity index (χ0n) is 26.1. The van der Waals surface area contributed by atoms with Gasteiger partial charge in [-0.2, -0.15) is 0 Å². The van der Waals surface area contributed by atoms with Crippen LogP contribution in [0.3, 0.4) is 0 Å². The Morgan fingerprint density at radius 3 is 2.33 bits per heavy atom. The quantitative estimate of drug-likeness (QED) is 0.220. The van der Waals surface area contributed by atoms with E-state index < -0.39 is 0 Å². The van der Waals surface area contributed by atoms with Crippen molar-refractivity contribution in [2.45, 2.75) is 84.0 Å². The monoisotopic (exact) mass is 602 g/mol. The van der Waals surface area contributed by atoms with Gasteiger partial charge in [-0.05, 0) is 124 Å². The van der Waals surface area contributed by atoms with E-state index in [-0.39, 0.29) is 17.6 Å². The lowest BCUT2D eigenvalue weighted by Crippen LogP contribution is -2.41. The number of Topliss-reactive ketones (excluding diaryl/α,β-unsaturated/α-hetero) is 1. The normalized spacial score (nSPS) is 22.1. The first-order chi connectivity index (χ1) is 20.8. The maximum Gasteiger partial charge on any atom is 0.273 e. The van der Waals surface area contributed by atoms with Crippen LogP contribution in [-0.2, 0) is 9.59 Å². The van der Waals surface area contributed by atoms with Crippen LogP contribution < -0.4 is 14.4 Å². The Morgan fingerprint density at radius 1 is 0.930 bits per heavy atom. The second-order valence-corrected chi connectivity index (χ2v) is 13.6. The minimum Gasteiger partial charge on any atom is -0.496 e. The van der Waals surface area contributed by atoms with Crippen molar-refractivity contribution in [3.05, 3.63) is 59.8 Å². The summed E-state index contributed by atoms with van der Waals surface area (Å²) in [6, 6.07) is 15.0. The van der Waals surface area contributed by atoms with E-state index in [4.69, 9.17) is 9.47 Å². The minimum atomic E-state index is 0.0411. The summed E-state index contributed by atoms with van der Waals surface area (Å²) in [5.41, 5.74) is 4.62. The minimum absolute atomic E-state index is 0.0411. The van der Waals surface area contributed by atoms with Crippen LogP contribution in [0.5, 0.6) is 10.9 Å². The first kappa shape index (κ1) is 31.2. The number of carbonyl (C=O) groups excluding carboxylic acids is 2. The number of hydrogen-bond donors (Lipinski definition) is 0. The Kier molecular flexibility index (Phi) is 10.6. The van der Waals surface area contributed by atoms with Crippen molar-refractivity contribution in [3.63, 3.8) is 0 Å². The van der Waals surface area contributed by atoms with Gasteiger partial charge in [0.05, 0.1) is 19.1 Å². The maximum atomic E-state index is 14.3. The third kappa shape index (κ3) is 7.86. The van der Waals surface area contributed by atoms with Crippen molar-refractivity contribution in [1.82, 2.24) is 4.98 Å². The van der Waals surface area contributed by atoms with Crippen LogP contribution in [0.2, 0.25) is 0 Å². The number of aryl methyl sites for hydroxylation is 1. The third-order valence-electron chi connectivity index (χ3n) is 9.65. The number of nitrogens with zero attached hydrogens (tertiary/aromatic N) is 2. The number of amides is 1. The average Bonchev–Trinajstić information content (AvgIpc) is 3.53. The van der Waals surface area contributed by atoms with E-state index in [0.29, 0.717) is 29.4 Å². The van der Waals surface area contributed by atoms with Crippen LogP contribution in [0, 0.1) is 24.7 Å². The van der Waals surface area contributed by atoms with Crippen molar-refractivity contribution in [3.8, 4) is 21.4 Å². The van der Waals surface area contributed by atoms with Gasteiger partial charge in [0.15, 0.2) is 0 Å². The van der Waals surface area contributed by atoms with E-state index in [9.17, 15) is 9.59 Å². The van der Waals surface area contributed by atoms with E-state index in [1.807, 2.05) is 6.20 Å². The fourth-order valence-corrected chi connectivity index (χ4v) is 7.78. The van der Waals surface area contributed by atoms with Crippen LogP contribution in [-0.4, -0.2) is 37.4 Å². The molecule has 2 saturated carbocycles. The summed E-state index contributed by atoms with van der Waals surface area (Å²) in [6.07, 6.45) is 11.8. The number of thiazole rings is 1. The van der Waals surface area contributed by atoms with Gasteiger partial charge in [-0.1, -0.05) is 35.6 Å². The van der Waals surface area contributed by atoms with E-state index in [1.165, 1.54) is 22.5 Å². The molecule has 1 aromatic heterocycles. The third-order valence-corrected chi connectivity index (χ3v) is 10.7. The Morgan fingerprint density at radius 2 is 1.67 bits per heavy atom. The highest BCUT2D eigenvalue weighted by molar-refractivity contribution is 7.16. The molecule has 2 aromatic carbocycles. The molecule has 0 unspecified atom stereocenters. The summed E-state index contributed by atoms with van der Waals surface area (Å²) in [5.74, 6) is 3.09. The average molecular weight is 603 g/mol. The van der Waals surface area contributed by atoms with Gasteiger partial charge in [-0.15, -0.1) is 0 Å². The van der Waals surface area contributed by atoms with Gasteiger partial charge < -0.3 is 19.2 Å². The number of anilines is 1. The number of benzene rings is 2. The number of ether oxygens (including phenoxy) is 2. The van der Waals surface area contributed by atoms with Crippen molar-refractivity contribution >= 4 is 28.7 Å². The standard InChI is InChI=1S/C36H46N2O4S/c1-24-20-30(18-19-33(24)41-3)28-14-12-27(13-15-28)23-38(35(40)29-16-10-26(11-17-29)9-8-25(2)39)32-7-5-6-31(21-32)34-22-37-36(42-4)43-34/h5-7,18-22,26-29H,8-17,23H2,1-4H3. The van der Waals surface area contributed by atoms with Gasteiger partial charge in [-0.25, -0.2) is 4.98 Å². The van der Waals surface area contributed by atoms with Crippen molar-refractivity contribution in [1.29, 1.82) is 0 Å². The lowest BCUT2D eigenvalue weighted by molar-refractivity contribution is -0.124. The number of aromatic nitrogens is 1. The molecule has 1 amide bonds. The molecule has 0 radical (unpaired) electrons. The van der Waals surface area contributed by atoms with Gasteiger partial charge in [0.2, 0.25) is 5.91 Å². The Labute approximate surface area is 260 Å². The molecule has 2 aliphatic carbocycles. The Balaban J connectivity index is 1.30. The predicted molar refractivity (Wildman–Crippen MR) is 174 cm³/mol. The molecule has 5 rings (SSSR count). The summed E-state index contributed by atoms with van der Waals surface area (Å²) >= 11 is 1.52. The Bertz CT molecular complexity index is 1390. The fraction of sp³-hybridized carbons (Fsp3) is 0.528. The summed E-state index contributed by atoms with van der Waals surface area (Å²) < 4.78 is 10.8. The lowest BCUT2D eigenvalue weighted by Gasteiger charge is -2.36. The highest BCUT2D eigenvalue weighted by Crippen LogP contribution is 2.40. The van der Waals surface area contributed by atoms with Crippen LogP contribution in [0.4, 0.5) is 5.69 Å². The molecular weight excluding hydrogens is 556 g/mol. The second-order valence-electron chi connectivity index (χ2n) is 12.6. The highest BCUT2D eigenvalue weighted by atomic mass is 32.1. The first-order valence-corrected chi connectivity index (χ1v) is 16.7. The second kappa shape index (κ2) is 14.5. The zero-order valence-corrected chi connectivity index (χ0v) is 27.0. The van der Waals surface area contributed by atoms with E-state index in [0.717, 1.165) is 86.2 Å². The fourth-order valence-electron chi connectivity index (χ4n) is 7.05. The smallest absolute Gasteiger partial charge is 0.273 e. The van der Waals surface area contributed by atoms with Crippen LogP contribution in [0.25, 0.3) is 10.4 Å². The van der Waals surface area contributed by atoms with Crippen LogP contribution >= 0.6 is 11.3 Å². The SMILES string of the molecule is COc1ncc(-c2cccc(N(CC3CCC(c4ccc(OC)c(C)c4)CC3)C(=O)C3CCC(CCC(C)=O)CC3)c2)s1. The van der Waals surface area contributed by atoms with E-state index in [2.05, 4.69) is 59.3 Å². The molecule has 230 valence electrons. The summed E-state index contributed by atoms with van der Waals surface area (Å²) in [6.45, 7) is 4.55. The van der Waals surface area contributed by atoms with E-state index in [1.54, 1.807) is 21.1 Å². The molecule has 0 spiro atoms. The number of rotatable bonds is 11. The molecule has 7 heteroatoms. The molecule has 6 nitrogen and oxygen atoms in total. The maximum absolute atomic E-state index is 14.3. The first-order valence-electron chi connectivity index (χ1n) is 15.9. The largest absolute Gasteiger partial charge is 0.496 e. The molecule has 0 bridgehead atoms. The summed E-state index contributed by atoms with van der Waals surface area (Å²) in [4.78, 5) is 33.3. The van der Waals surface area contributed by atoms with Gasteiger partial charge in [0.25, 0.3) is 5.19 Å². The number of hydrogen-bond acceptors (Lipinski definition) is 6. The molecule has 0 atom stereocenters. The molecule has 1 heterocycles. The van der Waals surface area contributed by atoms with Crippen molar-refractivity contribution in [2.75, 3.05) is 25.7 Å². The molecule has 43 heavy (non-hydrogen) atoms. The lowest BCUT2D eigenvalue weighted by atomic mass is 9.77. The van der Waals surface area contributed by atoms with Crippen molar-refractivity contribution in [2.24, 2.45) is 17.8 Å². The molecule has 3 aromatic rings. The molecule has 0 N–H and O–H groups in total.